The number of fused-ring (bicyclic) bond motifs is 3. The third-order valence-corrected chi connectivity index (χ3v) is 4.38. The lowest BCUT2D eigenvalue weighted by Crippen LogP contribution is -2.30. The van der Waals surface area contributed by atoms with E-state index >= 15 is 0 Å². The van der Waals surface area contributed by atoms with E-state index in [4.69, 9.17) is 9.68 Å². The summed E-state index contributed by atoms with van der Waals surface area (Å²) in [5, 5.41) is 10.5. The molecule has 0 spiro atoms. The number of halogens is 1. The molecule has 0 aliphatic carbocycles. The predicted molar refractivity (Wildman–Crippen MR) is 89.7 cm³/mol. The molecule has 0 unspecified atom stereocenters. The first-order chi connectivity index (χ1) is 11.6. The van der Waals surface area contributed by atoms with Gasteiger partial charge in [-0.3, -0.25) is 0 Å². The van der Waals surface area contributed by atoms with Gasteiger partial charge >= 0.3 is 0 Å². The van der Waals surface area contributed by atoms with E-state index in [0.717, 1.165) is 22.2 Å². The molecule has 24 heavy (non-hydrogen) atoms. The molecule has 4 aromatic rings. The van der Waals surface area contributed by atoms with Crippen LogP contribution in [0.15, 0.2) is 53.1 Å². The fourth-order valence-corrected chi connectivity index (χ4v) is 3.12. The number of aromatic nitrogens is 1. The van der Waals surface area contributed by atoms with Crippen LogP contribution in [-0.4, -0.2) is 0 Å². The third-order valence-electron chi connectivity index (χ3n) is 4.38. The van der Waals surface area contributed by atoms with Crippen LogP contribution in [-0.2, 0) is 7.05 Å². The van der Waals surface area contributed by atoms with Crippen LogP contribution < -0.4 is 4.57 Å². The Hall–Kier alpha value is -3.19. The zero-order valence-corrected chi connectivity index (χ0v) is 13.3. The van der Waals surface area contributed by atoms with Gasteiger partial charge in [-0.25, -0.2) is 8.96 Å². The lowest BCUT2D eigenvalue weighted by atomic mass is 10.0. The summed E-state index contributed by atoms with van der Waals surface area (Å²) < 4.78 is 22.1. The standard InChI is InChI=1S/C20H14FN2O/c1-12-9-18-16(10-15(12)17-5-3-4-8-23(17)2)14-7-6-13(11-22)19(21)20(14)24-18/h3-10H,1-2H3/q+1. The molecule has 0 N–H and O–H groups in total. The summed E-state index contributed by atoms with van der Waals surface area (Å²) in [7, 11) is 1.99. The molecule has 3 nitrogen and oxygen atoms in total. The van der Waals surface area contributed by atoms with Crippen molar-refractivity contribution in [2.24, 2.45) is 7.05 Å². The molecular weight excluding hydrogens is 303 g/mol. The minimum absolute atomic E-state index is 0.00652. The molecule has 4 heteroatoms. The number of benzene rings is 2. The summed E-state index contributed by atoms with van der Waals surface area (Å²) in [5.41, 5.74) is 3.94. The molecule has 0 fully saturated rings. The summed E-state index contributed by atoms with van der Waals surface area (Å²) in [6.07, 6.45) is 1.99. The fraction of sp³-hybridized carbons (Fsp3) is 0.100. The average molecular weight is 317 g/mol. The molecule has 0 amide bonds. The zero-order chi connectivity index (χ0) is 16.8. The highest BCUT2D eigenvalue weighted by Gasteiger charge is 2.18. The van der Waals surface area contributed by atoms with Gasteiger partial charge in [-0.1, -0.05) is 0 Å². The van der Waals surface area contributed by atoms with E-state index in [2.05, 4.69) is 0 Å². The number of hydrogen-bond donors (Lipinski definition) is 0. The SMILES string of the molecule is Cc1cc2oc3c(F)c(C#N)ccc3c2cc1-c1cccc[n+]1C. The number of hydrogen-bond acceptors (Lipinski definition) is 2. The van der Waals surface area contributed by atoms with Gasteiger partial charge in [0.05, 0.1) is 5.56 Å². The van der Waals surface area contributed by atoms with E-state index in [1.54, 1.807) is 6.07 Å². The van der Waals surface area contributed by atoms with Gasteiger partial charge in [-0.05, 0) is 42.8 Å². The fourth-order valence-electron chi connectivity index (χ4n) is 3.12. The Kier molecular flexibility index (Phi) is 3.10. The number of nitriles is 1. The molecule has 0 radical (unpaired) electrons. The summed E-state index contributed by atoms with van der Waals surface area (Å²) in [5.74, 6) is -0.601. The van der Waals surface area contributed by atoms with Crippen LogP contribution in [0.2, 0.25) is 0 Å². The minimum Gasteiger partial charge on any atom is -0.453 e. The maximum Gasteiger partial charge on any atom is 0.212 e. The summed E-state index contributed by atoms with van der Waals surface area (Å²) in [4.78, 5) is 0. The molecule has 2 heterocycles. The highest BCUT2D eigenvalue weighted by molar-refractivity contribution is 6.07. The number of aryl methyl sites for hydroxylation is 2. The van der Waals surface area contributed by atoms with Crippen molar-refractivity contribution in [3.05, 3.63) is 65.6 Å². The minimum atomic E-state index is -0.601. The highest BCUT2D eigenvalue weighted by Crippen LogP contribution is 2.35. The van der Waals surface area contributed by atoms with Gasteiger partial charge in [0.15, 0.2) is 17.6 Å². The molecule has 0 aliphatic rings. The van der Waals surface area contributed by atoms with Crippen molar-refractivity contribution in [3.63, 3.8) is 0 Å². The van der Waals surface area contributed by atoms with Crippen molar-refractivity contribution < 1.29 is 13.4 Å². The Labute approximate surface area is 138 Å². The van der Waals surface area contributed by atoms with E-state index in [1.807, 2.05) is 61.1 Å². The molecular formula is C20H14FN2O+. The summed E-state index contributed by atoms with van der Waals surface area (Å²) >= 11 is 0. The Morgan fingerprint density at radius 3 is 2.71 bits per heavy atom. The molecule has 0 aliphatic heterocycles. The smallest absolute Gasteiger partial charge is 0.212 e. The molecule has 4 rings (SSSR count). The number of rotatable bonds is 1. The molecule has 0 saturated heterocycles. The van der Waals surface area contributed by atoms with E-state index in [0.29, 0.717) is 11.0 Å². The van der Waals surface area contributed by atoms with Crippen molar-refractivity contribution >= 4 is 21.9 Å². The van der Waals surface area contributed by atoms with Crippen LogP contribution in [0.3, 0.4) is 0 Å². The van der Waals surface area contributed by atoms with Crippen LogP contribution in [0, 0.1) is 24.1 Å². The van der Waals surface area contributed by atoms with Crippen molar-refractivity contribution in [1.82, 2.24) is 0 Å². The van der Waals surface area contributed by atoms with Crippen molar-refractivity contribution in [3.8, 4) is 17.3 Å². The van der Waals surface area contributed by atoms with E-state index < -0.39 is 5.82 Å². The monoisotopic (exact) mass is 317 g/mol. The highest BCUT2D eigenvalue weighted by atomic mass is 19.1. The topological polar surface area (TPSA) is 40.8 Å². The largest absolute Gasteiger partial charge is 0.453 e. The Morgan fingerprint density at radius 2 is 1.96 bits per heavy atom. The van der Waals surface area contributed by atoms with Gasteiger partial charge in [0, 0.05) is 28.5 Å². The lowest BCUT2D eigenvalue weighted by molar-refractivity contribution is -0.660. The molecule has 0 saturated carbocycles. The van der Waals surface area contributed by atoms with Crippen LogP contribution in [0.1, 0.15) is 11.1 Å². The van der Waals surface area contributed by atoms with Crippen LogP contribution >= 0.6 is 0 Å². The van der Waals surface area contributed by atoms with E-state index in [-0.39, 0.29) is 11.1 Å². The summed E-state index contributed by atoms with van der Waals surface area (Å²) in [6.45, 7) is 2.01. The number of nitrogens with zero attached hydrogens (tertiary/aromatic N) is 2. The number of pyridine rings is 1. The molecule has 0 bridgehead atoms. The van der Waals surface area contributed by atoms with Gasteiger partial charge in [0.2, 0.25) is 5.69 Å². The van der Waals surface area contributed by atoms with E-state index in [9.17, 15) is 4.39 Å². The molecule has 116 valence electrons. The van der Waals surface area contributed by atoms with Crippen molar-refractivity contribution in [1.29, 1.82) is 5.26 Å². The van der Waals surface area contributed by atoms with Gasteiger partial charge in [-0.15, -0.1) is 0 Å². The normalized spacial score (nSPS) is 11.1. The second-order valence-electron chi connectivity index (χ2n) is 5.88. The first kappa shape index (κ1) is 14.4. The Morgan fingerprint density at radius 1 is 1.12 bits per heavy atom. The van der Waals surface area contributed by atoms with E-state index in [1.165, 1.54) is 6.07 Å². The first-order valence-corrected chi connectivity index (χ1v) is 7.60. The predicted octanol–water partition coefficient (Wildman–Crippen LogP) is 4.40. The summed E-state index contributed by atoms with van der Waals surface area (Å²) in [6, 6.07) is 15.0. The quantitative estimate of drug-likeness (QED) is 0.488. The lowest BCUT2D eigenvalue weighted by Gasteiger charge is -2.04. The van der Waals surface area contributed by atoms with Gasteiger partial charge in [-0.2, -0.15) is 5.26 Å². The van der Waals surface area contributed by atoms with Crippen LogP contribution in [0.25, 0.3) is 33.2 Å². The van der Waals surface area contributed by atoms with Crippen molar-refractivity contribution in [2.75, 3.05) is 0 Å². The second-order valence-corrected chi connectivity index (χ2v) is 5.88. The van der Waals surface area contributed by atoms with Gasteiger partial charge in [0.25, 0.3) is 0 Å². The average Bonchev–Trinajstić information content (AvgIpc) is 2.93. The Bertz CT molecular complexity index is 1150. The molecule has 0 atom stereocenters. The number of furan rings is 1. The zero-order valence-electron chi connectivity index (χ0n) is 13.3. The first-order valence-electron chi connectivity index (χ1n) is 7.60. The van der Waals surface area contributed by atoms with Gasteiger partial charge < -0.3 is 4.42 Å². The van der Waals surface area contributed by atoms with Crippen LogP contribution in [0.4, 0.5) is 4.39 Å². The maximum absolute atomic E-state index is 14.4. The van der Waals surface area contributed by atoms with Gasteiger partial charge in [0.1, 0.15) is 18.7 Å². The maximum atomic E-state index is 14.4. The van der Waals surface area contributed by atoms with Crippen molar-refractivity contribution in [2.45, 2.75) is 6.92 Å². The third kappa shape index (κ3) is 1.99. The molecule has 2 aromatic heterocycles. The molecule has 2 aromatic carbocycles. The second kappa shape index (κ2) is 5.17. The van der Waals surface area contributed by atoms with Crippen LogP contribution in [0.5, 0.6) is 0 Å². The Balaban J connectivity index is 2.08.